The molecule has 1 atom stereocenters. The van der Waals surface area contributed by atoms with Gasteiger partial charge in [-0.2, -0.15) is 0 Å². The third-order valence-electron chi connectivity index (χ3n) is 4.69. The lowest BCUT2D eigenvalue weighted by Crippen LogP contribution is -2.37. The Morgan fingerprint density at radius 3 is 2.77 bits per heavy atom. The first kappa shape index (κ1) is 18.4. The minimum absolute atomic E-state index is 0.124. The lowest BCUT2D eigenvalue weighted by Gasteiger charge is -2.31. The fraction of sp³-hybridized carbons (Fsp3) is 0.474. The number of aliphatic hydroxyl groups excluding tert-OH is 1. The number of β-amino-alcohol motifs (C(OH)–C–C–N with tert-alkyl or cyclic N) is 1. The van der Waals surface area contributed by atoms with E-state index in [1.54, 1.807) is 13.8 Å². The van der Waals surface area contributed by atoms with Crippen LogP contribution in [0, 0.1) is 13.8 Å². The second-order valence-electron chi connectivity index (χ2n) is 6.75. The number of carbonyl (C=O) groups is 1. The molecule has 0 radical (unpaired) electrons. The number of methoxy groups -OCH3 is 1. The smallest absolute Gasteiger partial charge is 0.340 e. The van der Waals surface area contributed by atoms with Gasteiger partial charge >= 0.3 is 11.6 Å². The number of nitrogens with zero attached hydrogens (tertiary/aromatic N) is 1. The number of rotatable bonds is 4. The van der Waals surface area contributed by atoms with Gasteiger partial charge in [0, 0.05) is 29.6 Å². The molecule has 0 saturated carbocycles. The number of aryl methyl sites for hydroxylation is 2. The standard InChI is InChI=1S/C19H23NO6/c1-10(21)7-20-8-13-5-14-11(2)15(6-16(22)24-4)19(23)26-18(14)12(3)17(13)25-9-20/h5,10,21H,6-9H2,1-4H3/t10-/m1/s1. The summed E-state index contributed by atoms with van der Waals surface area (Å²) < 4.78 is 16.0. The van der Waals surface area contributed by atoms with E-state index < -0.39 is 17.7 Å². The molecule has 26 heavy (non-hydrogen) atoms. The van der Waals surface area contributed by atoms with Crippen LogP contribution < -0.4 is 10.4 Å². The Hall–Kier alpha value is -2.38. The average Bonchev–Trinajstić information content (AvgIpc) is 2.59. The van der Waals surface area contributed by atoms with Crippen molar-refractivity contribution in [1.82, 2.24) is 4.90 Å². The Morgan fingerprint density at radius 2 is 2.12 bits per heavy atom. The van der Waals surface area contributed by atoms with Gasteiger partial charge in [0.1, 0.15) is 18.1 Å². The van der Waals surface area contributed by atoms with Crippen molar-refractivity contribution in [1.29, 1.82) is 0 Å². The molecule has 0 unspecified atom stereocenters. The topological polar surface area (TPSA) is 89.2 Å². The zero-order chi connectivity index (χ0) is 19.0. The van der Waals surface area contributed by atoms with Gasteiger partial charge in [-0.1, -0.05) is 0 Å². The molecule has 7 heteroatoms. The molecule has 1 aliphatic rings. The van der Waals surface area contributed by atoms with Gasteiger partial charge in [-0.25, -0.2) is 4.79 Å². The minimum Gasteiger partial charge on any atom is -0.477 e. The molecule has 2 aromatic rings. The highest BCUT2D eigenvalue weighted by atomic mass is 16.5. The summed E-state index contributed by atoms with van der Waals surface area (Å²) in [4.78, 5) is 26.0. The summed E-state index contributed by atoms with van der Waals surface area (Å²) >= 11 is 0. The van der Waals surface area contributed by atoms with Gasteiger partial charge in [0.05, 0.1) is 25.2 Å². The van der Waals surface area contributed by atoms with Crippen LogP contribution >= 0.6 is 0 Å². The third-order valence-corrected chi connectivity index (χ3v) is 4.69. The van der Waals surface area contributed by atoms with Crippen LogP contribution in [-0.2, 0) is 22.5 Å². The molecule has 0 saturated heterocycles. The molecule has 0 aliphatic carbocycles. The van der Waals surface area contributed by atoms with E-state index in [4.69, 9.17) is 9.15 Å². The van der Waals surface area contributed by atoms with Crippen molar-refractivity contribution in [2.75, 3.05) is 20.4 Å². The minimum atomic E-state index is -0.532. The summed E-state index contributed by atoms with van der Waals surface area (Å²) in [6.45, 7) is 6.90. The Bertz CT molecular complexity index is 915. The molecule has 2 heterocycles. The van der Waals surface area contributed by atoms with Crippen LogP contribution in [-0.4, -0.2) is 42.5 Å². The summed E-state index contributed by atoms with van der Waals surface area (Å²) in [7, 11) is 1.29. The Morgan fingerprint density at radius 1 is 1.38 bits per heavy atom. The number of ether oxygens (including phenoxy) is 2. The summed E-state index contributed by atoms with van der Waals surface area (Å²) in [5.74, 6) is 0.225. The highest BCUT2D eigenvalue weighted by Gasteiger charge is 2.24. The molecule has 1 aromatic carbocycles. The number of esters is 1. The third kappa shape index (κ3) is 3.32. The zero-order valence-corrected chi connectivity index (χ0v) is 15.4. The molecule has 3 rings (SSSR count). The van der Waals surface area contributed by atoms with Crippen LogP contribution in [0.4, 0.5) is 0 Å². The van der Waals surface area contributed by atoms with Crippen LogP contribution in [0.3, 0.4) is 0 Å². The molecular formula is C19H23NO6. The second-order valence-corrected chi connectivity index (χ2v) is 6.75. The predicted octanol–water partition coefficient (Wildman–Crippen LogP) is 1.66. The first-order valence-corrected chi connectivity index (χ1v) is 8.50. The number of carbonyl (C=O) groups excluding carboxylic acids is 1. The normalized spacial score (nSPS) is 15.4. The first-order chi connectivity index (χ1) is 12.3. The van der Waals surface area contributed by atoms with Crippen LogP contribution in [0.15, 0.2) is 15.3 Å². The number of hydrogen-bond donors (Lipinski definition) is 1. The van der Waals surface area contributed by atoms with Gasteiger partial charge in [0.2, 0.25) is 0 Å². The van der Waals surface area contributed by atoms with Gasteiger partial charge in [-0.15, -0.1) is 0 Å². The van der Waals surface area contributed by atoms with E-state index in [1.807, 2.05) is 17.9 Å². The molecular weight excluding hydrogens is 338 g/mol. The van der Waals surface area contributed by atoms with Crippen LogP contribution in [0.1, 0.15) is 29.2 Å². The zero-order valence-electron chi connectivity index (χ0n) is 15.4. The monoisotopic (exact) mass is 361 g/mol. The van der Waals surface area contributed by atoms with Gasteiger partial charge in [-0.3, -0.25) is 9.69 Å². The fourth-order valence-electron chi connectivity index (χ4n) is 3.40. The molecule has 7 nitrogen and oxygen atoms in total. The van der Waals surface area contributed by atoms with Crippen molar-refractivity contribution in [3.8, 4) is 5.75 Å². The SMILES string of the molecule is COC(=O)Cc1c(C)c2cc3c(c(C)c2oc1=O)OCN(C[C@@H](C)O)C3. The number of fused-ring (bicyclic) bond motifs is 2. The molecule has 0 amide bonds. The fourth-order valence-corrected chi connectivity index (χ4v) is 3.40. The van der Waals surface area contributed by atoms with E-state index in [2.05, 4.69) is 4.74 Å². The summed E-state index contributed by atoms with van der Waals surface area (Å²) in [5, 5.41) is 10.4. The van der Waals surface area contributed by atoms with E-state index in [9.17, 15) is 14.7 Å². The van der Waals surface area contributed by atoms with E-state index in [1.165, 1.54) is 7.11 Å². The summed E-state index contributed by atoms with van der Waals surface area (Å²) in [6, 6.07) is 1.94. The Kier molecular flexibility index (Phi) is 5.02. The highest BCUT2D eigenvalue weighted by Crippen LogP contribution is 2.36. The largest absolute Gasteiger partial charge is 0.477 e. The maximum absolute atomic E-state index is 12.3. The Labute approximate surface area is 151 Å². The lowest BCUT2D eigenvalue weighted by atomic mass is 9.97. The Balaban J connectivity index is 2.11. The van der Waals surface area contributed by atoms with Crippen LogP contribution in [0.25, 0.3) is 11.0 Å². The molecule has 1 aliphatic heterocycles. The molecule has 1 aromatic heterocycles. The second kappa shape index (κ2) is 7.09. The number of hydrogen-bond acceptors (Lipinski definition) is 7. The summed E-state index contributed by atoms with van der Waals surface area (Å²) in [5.41, 5.74) is 2.68. The molecule has 1 N–H and O–H groups in total. The molecule has 140 valence electrons. The van der Waals surface area contributed by atoms with Crippen molar-refractivity contribution >= 4 is 16.9 Å². The van der Waals surface area contributed by atoms with Crippen molar-refractivity contribution in [2.45, 2.75) is 39.8 Å². The number of aliphatic hydroxyl groups is 1. The van der Waals surface area contributed by atoms with Crippen molar-refractivity contribution in [3.05, 3.63) is 38.7 Å². The van der Waals surface area contributed by atoms with Gasteiger partial charge < -0.3 is 19.0 Å². The van der Waals surface area contributed by atoms with Gasteiger partial charge in [0.15, 0.2) is 0 Å². The van der Waals surface area contributed by atoms with E-state index in [-0.39, 0.29) is 6.42 Å². The van der Waals surface area contributed by atoms with E-state index >= 15 is 0 Å². The highest BCUT2D eigenvalue weighted by molar-refractivity contribution is 5.88. The van der Waals surface area contributed by atoms with Gasteiger partial charge in [-0.05, 0) is 32.4 Å². The molecule has 0 fully saturated rings. The van der Waals surface area contributed by atoms with E-state index in [0.29, 0.717) is 42.3 Å². The van der Waals surface area contributed by atoms with E-state index in [0.717, 1.165) is 16.5 Å². The van der Waals surface area contributed by atoms with Crippen molar-refractivity contribution in [3.63, 3.8) is 0 Å². The van der Waals surface area contributed by atoms with Gasteiger partial charge in [0.25, 0.3) is 0 Å². The quantitative estimate of drug-likeness (QED) is 0.654. The predicted molar refractivity (Wildman–Crippen MR) is 95.3 cm³/mol. The maximum atomic E-state index is 12.3. The lowest BCUT2D eigenvalue weighted by molar-refractivity contribution is -0.139. The van der Waals surface area contributed by atoms with Crippen LogP contribution in [0.5, 0.6) is 5.75 Å². The van der Waals surface area contributed by atoms with Crippen molar-refractivity contribution < 1.29 is 23.8 Å². The maximum Gasteiger partial charge on any atom is 0.340 e. The molecule has 0 bridgehead atoms. The number of benzene rings is 1. The summed E-state index contributed by atoms with van der Waals surface area (Å²) in [6.07, 6.45) is -0.574. The average molecular weight is 361 g/mol. The van der Waals surface area contributed by atoms with Crippen molar-refractivity contribution in [2.24, 2.45) is 0 Å². The molecule has 0 spiro atoms. The first-order valence-electron chi connectivity index (χ1n) is 8.50. The van der Waals surface area contributed by atoms with Crippen LogP contribution in [0.2, 0.25) is 0 Å².